The molecule has 3 saturated carbocycles. The molecule has 0 unspecified atom stereocenters. The van der Waals surface area contributed by atoms with Crippen molar-refractivity contribution >= 4 is 6.09 Å². The largest absolute Gasteiger partial charge is 0.444 e. The van der Waals surface area contributed by atoms with Gasteiger partial charge in [-0.3, -0.25) is 0 Å². The first-order valence-corrected chi connectivity index (χ1v) is 5.27. The maximum Gasteiger partial charge on any atom is 0.408 e. The summed E-state index contributed by atoms with van der Waals surface area (Å²) in [6.07, 6.45) is 7.81. The number of nitrogens with one attached hydrogen (secondary N) is 1. The van der Waals surface area contributed by atoms with Crippen LogP contribution < -0.4 is 5.32 Å². The first kappa shape index (κ1) is 10.4. The Morgan fingerprint density at radius 3 is 2.33 bits per heavy atom. The predicted molar refractivity (Wildman–Crippen MR) is 57.2 cm³/mol. The average molecular weight is 207 g/mol. The fourth-order valence-electron chi connectivity index (χ4n) is 2.59. The molecule has 0 atom stereocenters. The molecule has 3 fully saturated rings. The highest BCUT2D eigenvalue weighted by Gasteiger charge is 2.68. The average Bonchev–Trinajstić information content (AvgIpc) is 1.89. The lowest BCUT2D eigenvalue weighted by Crippen LogP contribution is -2.74. The molecule has 0 aromatic rings. The normalized spacial score (nSPS) is 36.9. The molecule has 0 saturated heterocycles. The molecule has 82 valence electrons. The van der Waals surface area contributed by atoms with Gasteiger partial charge in [0.2, 0.25) is 0 Å². The first-order chi connectivity index (χ1) is 6.78. The van der Waals surface area contributed by atoms with E-state index >= 15 is 0 Å². The van der Waals surface area contributed by atoms with E-state index in [0.717, 1.165) is 19.3 Å². The molecule has 3 rings (SSSR count). The van der Waals surface area contributed by atoms with Gasteiger partial charge in [-0.1, -0.05) is 5.92 Å². The van der Waals surface area contributed by atoms with Crippen molar-refractivity contribution in [3.05, 3.63) is 0 Å². The molecule has 0 radical (unpaired) electrons. The Morgan fingerprint density at radius 2 is 1.93 bits per heavy atom. The van der Waals surface area contributed by atoms with Gasteiger partial charge in [0.15, 0.2) is 0 Å². The lowest BCUT2D eigenvalue weighted by atomic mass is 9.40. The summed E-state index contributed by atoms with van der Waals surface area (Å²) < 4.78 is 5.20. The third-order valence-corrected chi connectivity index (χ3v) is 3.10. The number of hydrogen-bond donors (Lipinski definition) is 1. The minimum absolute atomic E-state index is 0.0469. The van der Waals surface area contributed by atoms with Crippen molar-refractivity contribution in [2.75, 3.05) is 0 Å². The quantitative estimate of drug-likeness (QED) is 0.668. The summed E-state index contributed by atoms with van der Waals surface area (Å²) in [5, 5.41) is 2.92. The van der Waals surface area contributed by atoms with Crippen molar-refractivity contribution in [3.63, 3.8) is 0 Å². The van der Waals surface area contributed by atoms with E-state index in [1.807, 2.05) is 20.8 Å². The number of amides is 1. The Hall–Kier alpha value is -1.17. The van der Waals surface area contributed by atoms with E-state index < -0.39 is 5.60 Å². The lowest BCUT2D eigenvalue weighted by molar-refractivity contribution is -0.107. The molecule has 15 heavy (non-hydrogen) atoms. The van der Waals surface area contributed by atoms with Gasteiger partial charge in [-0.25, -0.2) is 4.79 Å². The van der Waals surface area contributed by atoms with Gasteiger partial charge >= 0.3 is 6.09 Å². The van der Waals surface area contributed by atoms with Crippen LogP contribution >= 0.6 is 0 Å². The van der Waals surface area contributed by atoms with E-state index in [4.69, 9.17) is 11.2 Å². The Morgan fingerprint density at radius 1 is 1.40 bits per heavy atom. The Labute approximate surface area is 90.6 Å². The topological polar surface area (TPSA) is 38.3 Å². The molecular formula is C12H17NO2. The summed E-state index contributed by atoms with van der Waals surface area (Å²) in [5.41, 5.74) is -0.388. The summed E-state index contributed by atoms with van der Waals surface area (Å²) in [6, 6.07) is 0. The molecule has 0 aliphatic heterocycles. The lowest BCUT2D eigenvalue weighted by Gasteiger charge is -2.67. The first-order valence-electron chi connectivity index (χ1n) is 5.27. The van der Waals surface area contributed by atoms with Gasteiger partial charge in [0, 0.05) is 11.0 Å². The maximum atomic E-state index is 11.5. The van der Waals surface area contributed by atoms with E-state index in [1.165, 1.54) is 0 Å². The van der Waals surface area contributed by atoms with Crippen LogP contribution in [0.5, 0.6) is 0 Å². The Balaban J connectivity index is 1.82. The minimum Gasteiger partial charge on any atom is -0.444 e. The van der Waals surface area contributed by atoms with Crippen LogP contribution in [0.2, 0.25) is 0 Å². The molecule has 0 heterocycles. The summed E-state index contributed by atoms with van der Waals surface area (Å²) in [4.78, 5) is 11.5. The zero-order valence-corrected chi connectivity index (χ0v) is 9.52. The van der Waals surface area contributed by atoms with Crippen molar-refractivity contribution in [3.8, 4) is 12.3 Å². The number of hydrogen-bond acceptors (Lipinski definition) is 2. The minimum atomic E-state index is -0.433. The number of carbonyl (C=O) groups excluding carboxylic acids is 1. The van der Waals surface area contributed by atoms with Gasteiger partial charge in [-0.05, 0) is 40.0 Å². The number of rotatable bonds is 1. The van der Waals surface area contributed by atoms with Crippen LogP contribution in [0.4, 0.5) is 4.79 Å². The summed E-state index contributed by atoms with van der Waals surface area (Å²) >= 11 is 0. The van der Waals surface area contributed by atoms with E-state index in [0.29, 0.717) is 0 Å². The number of ether oxygens (including phenoxy) is 1. The van der Waals surface area contributed by atoms with Crippen LogP contribution in [0.15, 0.2) is 0 Å². The molecule has 3 heteroatoms. The Kier molecular flexibility index (Phi) is 1.86. The highest BCUT2D eigenvalue weighted by atomic mass is 16.6. The zero-order chi connectivity index (χ0) is 11.3. The maximum absolute atomic E-state index is 11.5. The fraction of sp³-hybridized carbons (Fsp3) is 0.750. The molecule has 3 nitrogen and oxygen atoms in total. The molecule has 3 aliphatic carbocycles. The summed E-state index contributed by atoms with van der Waals surface area (Å²) in [5.74, 6) is 2.80. The van der Waals surface area contributed by atoms with Gasteiger partial charge in [0.25, 0.3) is 0 Å². The number of terminal acetylenes is 1. The van der Waals surface area contributed by atoms with E-state index in [2.05, 4.69) is 11.2 Å². The zero-order valence-electron chi connectivity index (χ0n) is 9.52. The van der Waals surface area contributed by atoms with Crippen molar-refractivity contribution in [2.24, 2.45) is 5.41 Å². The molecule has 0 spiro atoms. The van der Waals surface area contributed by atoms with Crippen molar-refractivity contribution < 1.29 is 9.53 Å². The second-order valence-corrected chi connectivity index (χ2v) is 5.86. The molecule has 0 aromatic carbocycles. The van der Waals surface area contributed by atoms with E-state index in [9.17, 15) is 4.79 Å². The molecule has 3 aliphatic rings. The van der Waals surface area contributed by atoms with Crippen LogP contribution in [-0.2, 0) is 4.74 Å². The monoisotopic (exact) mass is 207 g/mol. The Bertz CT molecular complexity index is 326. The molecule has 0 aromatic heterocycles. The van der Waals surface area contributed by atoms with Gasteiger partial charge in [-0.15, -0.1) is 6.42 Å². The van der Waals surface area contributed by atoms with Gasteiger partial charge in [-0.2, -0.15) is 0 Å². The van der Waals surface area contributed by atoms with E-state index in [1.54, 1.807) is 0 Å². The van der Waals surface area contributed by atoms with Crippen molar-refractivity contribution in [1.29, 1.82) is 0 Å². The van der Waals surface area contributed by atoms with Gasteiger partial charge in [0.05, 0.1) is 0 Å². The molecule has 1 N–H and O–H groups in total. The smallest absolute Gasteiger partial charge is 0.408 e. The molecule has 1 amide bonds. The third-order valence-electron chi connectivity index (χ3n) is 3.10. The number of carbonyl (C=O) groups is 1. The fourth-order valence-corrected chi connectivity index (χ4v) is 2.59. The van der Waals surface area contributed by atoms with Crippen LogP contribution in [-0.4, -0.2) is 17.2 Å². The third kappa shape index (κ3) is 1.69. The SMILES string of the molecule is C#CC12CC(NC(=O)OC(C)(C)C)(C1)C2. The molecule has 2 bridgehead atoms. The number of alkyl carbamates (subject to hydrolysis) is 1. The van der Waals surface area contributed by atoms with Crippen LogP contribution in [0.3, 0.4) is 0 Å². The second-order valence-electron chi connectivity index (χ2n) is 5.86. The van der Waals surface area contributed by atoms with Crippen molar-refractivity contribution in [2.45, 2.75) is 51.2 Å². The van der Waals surface area contributed by atoms with Gasteiger partial charge < -0.3 is 10.1 Å². The highest BCUT2D eigenvalue weighted by Crippen LogP contribution is 2.66. The van der Waals surface area contributed by atoms with Crippen LogP contribution in [0.1, 0.15) is 40.0 Å². The molecular weight excluding hydrogens is 190 g/mol. The van der Waals surface area contributed by atoms with Gasteiger partial charge in [0.1, 0.15) is 5.60 Å². The second kappa shape index (κ2) is 2.69. The van der Waals surface area contributed by atoms with Crippen LogP contribution in [0.25, 0.3) is 0 Å². The highest BCUT2D eigenvalue weighted by molar-refractivity contribution is 5.70. The standard InChI is InChI=1S/C12H17NO2/c1-5-11-6-12(7-11,8-11)13-9(14)15-10(2,3)4/h1H,6-8H2,2-4H3,(H,13,14). The predicted octanol–water partition coefficient (Wildman–Crippen LogP) is 2.07. The summed E-state index contributed by atoms with van der Waals surface area (Å²) in [6.45, 7) is 5.58. The van der Waals surface area contributed by atoms with Crippen molar-refractivity contribution in [1.82, 2.24) is 5.32 Å². The van der Waals surface area contributed by atoms with Crippen LogP contribution in [0, 0.1) is 17.8 Å². The summed E-state index contributed by atoms with van der Waals surface area (Å²) in [7, 11) is 0. The van der Waals surface area contributed by atoms with E-state index in [-0.39, 0.29) is 17.0 Å².